The van der Waals surface area contributed by atoms with Crippen molar-refractivity contribution < 1.29 is 14.3 Å². The van der Waals surface area contributed by atoms with Crippen LogP contribution in [0, 0.1) is 11.3 Å². The van der Waals surface area contributed by atoms with Crippen molar-refractivity contribution in [1.82, 2.24) is 9.80 Å². The zero-order valence-corrected chi connectivity index (χ0v) is 19.7. The number of amides is 2. The minimum atomic E-state index is 0.0114. The van der Waals surface area contributed by atoms with Crippen LogP contribution in [0.3, 0.4) is 0 Å². The summed E-state index contributed by atoms with van der Waals surface area (Å²) in [6.07, 6.45) is 1.93. The van der Waals surface area contributed by atoms with Crippen molar-refractivity contribution in [3.63, 3.8) is 0 Å². The quantitative estimate of drug-likeness (QED) is 0.743. The molecule has 2 aromatic rings. The topological polar surface area (TPSA) is 65.1 Å². The van der Waals surface area contributed by atoms with Crippen molar-refractivity contribution in [3.05, 3.63) is 59.7 Å². The van der Waals surface area contributed by atoms with E-state index in [9.17, 15) is 9.59 Å². The van der Waals surface area contributed by atoms with Crippen LogP contribution in [-0.2, 0) is 9.53 Å². The highest BCUT2D eigenvalue weighted by atomic mass is 16.5. The molecule has 7 heteroatoms. The molecule has 2 aromatic carbocycles. The Bertz CT molecular complexity index is 1090. The predicted molar refractivity (Wildman–Crippen MR) is 131 cm³/mol. The van der Waals surface area contributed by atoms with Crippen LogP contribution in [0.15, 0.2) is 48.5 Å². The molecule has 3 heterocycles. The van der Waals surface area contributed by atoms with E-state index in [1.807, 2.05) is 41.3 Å². The molecule has 178 valence electrons. The van der Waals surface area contributed by atoms with Gasteiger partial charge in [0.1, 0.15) is 0 Å². The summed E-state index contributed by atoms with van der Waals surface area (Å²) in [6, 6.07) is 16.1. The van der Waals surface area contributed by atoms with Gasteiger partial charge in [-0.2, -0.15) is 0 Å². The molecule has 0 bridgehead atoms. The number of benzene rings is 2. The Labute approximate surface area is 200 Å². The van der Waals surface area contributed by atoms with Crippen molar-refractivity contribution in [2.75, 3.05) is 63.2 Å². The number of carbonyl (C=O) groups excluding carboxylic acids is 2. The number of carbonyl (C=O) groups is 2. The van der Waals surface area contributed by atoms with Gasteiger partial charge in [0.25, 0.3) is 5.91 Å². The number of ether oxygens (including phenoxy) is 1. The van der Waals surface area contributed by atoms with E-state index in [1.165, 1.54) is 0 Å². The smallest absolute Gasteiger partial charge is 0.256 e. The lowest BCUT2D eigenvalue weighted by Gasteiger charge is -2.56. The molecule has 1 saturated carbocycles. The van der Waals surface area contributed by atoms with Gasteiger partial charge in [-0.05, 0) is 43.7 Å². The van der Waals surface area contributed by atoms with E-state index in [0.29, 0.717) is 12.1 Å². The van der Waals surface area contributed by atoms with Gasteiger partial charge in [0.2, 0.25) is 5.91 Å². The monoisotopic (exact) mass is 460 g/mol. The van der Waals surface area contributed by atoms with Crippen molar-refractivity contribution in [3.8, 4) is 0 Å². The lowest BCUT2D eigenvalue weighted by Crippen LogP contribution is -2.66. The van der Waals surface area contributed by atoms with E-state index in [1.54, 1.807) is 0 Å². The molecular weight excluding hydrogens is 428 g/mol. The van der Waals surface area contributed by atoms with Crippen LogP contribution < -0.4 is 10.2 Å². The molecular formula is C27H32N4O3. The van der Waals surface area contributed by atoms with Gasteiger partial charge >= 0.3 is 0 Å². The van der Waals surface area contributed by atoms with Gasteiger partial charge in [-0.15, -0.1) is 0 Å². The second-order valence-electron chi connectivity index (χ2n) is 10.5. The second-order valence-corrected chi connectivity index (χ2v) is 10.5. The van der Waals surface area contributed by atoms with E-state index >= 15 is 0 Å². The van der Waals surface area contributed by atoms with E-state index < -0.39 is 0 Å². The number of nitrogens with zero attached hydrogens (tertiary/aromatic N) is 3. The fourth-order valence-electron chi connectivity index (χ4n) is 5.43. The molecule has 0 aromatic heterocycles. The fourth-order valence-corrected chi connectivity index (χ4v) is 5.43. The number of likely N-dealkylation sites (N-methyl/N-ethyl adjacent to an activating group) is 1. The normalized spacial score (nSPS) is 23.9. The Balaban J connectivity index is 1.30. The number of hydrogen-bond donors (Lipinski definition) is 1. The molecule has 4 fully saturated rings. The summed E-state index contributed by atoms with van der Waals surface area (Å²) < 4.78 is 5.46. The third-order valence-corrected chi connectivity index (χ3v) is 7.68. The first-order chi connectivity index (χ1) is 16.5. The summed E-state index contributed by atoms with van der Waals surface area (Å²) in [6.45, 7) is 5.70. The first-order valence-electron chi connectivity index (χ1n) is 12.3. The lowest BCUT2D eigenvalue weighted by atomic mass is 9.77. The lowest BCUT2D eigenvalue weighted by molar-refractivity contribution is -0.127. The van der Waals surface area contributed by atoms with Gasteiger partial charge in [-0.25, -0.2) is 0 Å². The molecule has 0 radical (unpaired) electrons. The van der Waals surface area contributed by atoms with Crippen LogP contribution in [0.2, 0.25) is 0 Å². The Hall–Kier alpha value is -2.90. The van der Waals surface area contributed by atoms with Crippen LogP contribution in [-0.4, -0.2) is 74.6 Å². The molecule has 1 N–H and O–H groups in total. The van der Waals surface area contributed by atoms with Crippen LogP contribution in [0.1, 0.15) is 34.8 Å². The zero-order valence-electron chi connectivity index (χ0n) is 19.7. The largest absolute Gasteiger partial charge is 0.380 e. The minimum Gasteiger partial charge on any atom is -0.380 e. The van der Waals surface area contributed by atoms with Gasteiger partial charge in [0.15, 0.2) is 0 Å². The summed E-state index contributed by atoms with van der Waals surface area (Å²) in [5, 5.41) is 3.06. The molecule has 6 rings (SSSR count). The first-order valence-corrected chi connectivity index (χ1v) is 12.3. The highest BCUT2D eigenvalue weighted by Crippen LogP contribution is 2.43. The summed E-state index contributed by atoms with van der Waals surface area (Å²) in [7, 11) is 2.11. The van der Waals surface area contributed by atoms with Gasteiger partial charge in [0.05, 0.1) is 35.9 Å². The average Bonchev–Trinajstić information content (AvgIpc) is 3.63. The summed E-state index contributed by atoms with van der Waals surface area (Å²) in [4.78, 5) is 33.0. The summed E-state index contributed by atoms with van der Waals surface area (Å²) in [5.74, 6) is 0.282. The Morgan fingerprint density at radius 3 is 2.47 bits per heavy atom. The maximum absolute atomic E-state index is 14.0. The van der Waals surface area contributed by atoms with E-state index in [-0.39, 0.29) is 29.2 Å². The van der Waals surface area contributed by atoms with Crippen LogP contribution in [0.25, 0.3) is 0 Å². The van der Waals surface area contributed by atoms with Crippen molar-refractivity contribution in [2.45, 2.75) is 18.9 Å². The Morgan fingerprint density at radius 2 is 1.79 bits per heavy atom. The maximum Gasteiger partial charge on any atom is 0.256 e. The zero-order chi connectivity index (χ0) is 23.3. The molecule has 1 atom stereocenters. The molecule has 7 nitrogen and oxygen atoms in total. The van der Waals surface area contributed by atoms with Gasteiger partial charge in [0, 0.05) is 44.3 Å². The van der Waals surface area contributed by atoms with Crippen LogP contribution in [0.4, 0.5) is 11.4 Å². The van der Waals surface area contributed by atoms with Crippen molar-refractivity contribution in [2.24, 2.45) is 11.3 Å². The van der Waals surface area contributed by atoms with E-state index in [4.69, 9.17) is 4.74 Å². The maximum atomic E-state index is 14.0. The highest BCUT2D eigenvalue weighted by Gasteiger charge is 2.50. The van der Waals surface area contributed by atoms with Crippen LogP contribution in [0.5, 0.6) is 0 Å². The first kappa shape index (κ1) is 21.6. The standard InChI is InChI=1S/C27H32N4O3/c1-29-11-12-31(24(14-29)19-5-3-2-4-6-19)26(33)22-10-9-21(28-25(32)20-7-8-20)13-23(22)30-15-27(16-30)17-34-18-27/h2-6,9-10,13,20,24H,7-8,11-12,14-18H2,1H3,(H,28,32). The molecule has 4 aliphatic rings. The fraction of sp³-hybridized carbons (Fsp3) is 0.481. The minimum absolute atomic E-state index is 0.0114. The molecule has 34 heavy (non-hydrogen) atoms. The number of hydrogen-bond acceptors (Lipinski definition) is 5. The van der Waals surface area contributed by atoms with Gasteiger partial charge < -0.3 is 24.8 Å². The third-order valence-electron chi connectivity index (χ3n) is 7.68. The molecule has 3 aliphatic heterocycles. The number of anilines is 2. The number of nitrogens with one attached hydrogen (secondary N) is 1. The SMILES string of the molecule is CN1CCN(C(=O)c2ccc(NC(=O)C3CC3)cc2N2CC3(COC3)C2)C(c2ccccc2)C1. The second kappa shape index (κ2) is 8.40. The van der Waals surface area contributed by atoms with Gasteiger partial charge in [-0.1, -0.05) is 30.3 Å². The van der Waals surface area contributed by atoms with E-state index in [0.717, 1.165) is 69.2 Å². The third kappa shape index (κ3) is 3.97. The Morgan fingerprint density at radius 1 is 1.03 bits per heavy atom. The van der Waals surface area contributed by atoms with Crippen LogP contribution >= 0.6 is 0 Å². The Kier molecular flexibility index (Phi) is 5.34. The molecule has 2 amide bonds. The van der Waals surface area contributed by atoms with Crippen molar-refractivity contribution >= 4 is 23.2 Å². The summed E-state index contributed by atoms with van der Waals surface area (Å²) >= 11 is 0. The predicted octanol–water partition coefficient (Wildman–Crippen LogP) is 3.00. The molecule has 1 spiro atoms. The molecule has 1 aliphatic carbocycles. The average molecular weight is 461 g/mol. The summed E-state index contributed by atoms with van der Waals surface area (Å²) in [5.41, 5.74) is 3.79. The van der Waals surface area contributed by atoms with Crippen molar-refractivity contribution in [1.29, 1.82) is 0 Å². The number of rotatable bonds is 5. The highest BCUT2D eigenvalue weighted by molar-refractivity contribution is 6.02. The van der Waals surface area contributed by atoms with E-state index in [2.05, 4.69) is 34.3 Å². The van der Waals surface area contributed by atoms with Gasteiger partial charge in [-0.3, -0.25) is 9.59 Å². The molecule has 3 saturated heterocycles. The number of piperazine rings is 1. The molecule has 1 unspecified atom stereocenters.